The van der Waals surface area contributed by atoms with Crippen LogP contribution in [0.25, 0.3) is 0 Å². The van der Waals surface area contributed by atoms with E-state index in [1.807, 2.05) is 31.2 Å². The molecule has 0 atom stereocenters. The Bertz CT molecular complexity index is 821. The number of benzene rings is 2. The van der Waals surface area contributed by atoms with Gasteiger partial charge in [0, 0.05) is 23.6 Å². The number of amides is 2. The van der Waals surface area contributed by atoms with Gasteiger partial charge in [-0.3, -0.25) is 9.59 Å². The molecule has 0 aromatic heterocycles. The minimum absolute atomic E-state index is 0.0286. The number of anilines is 1. The van der Waals surface area contributed by atoms with Crippen molar-refractivity contribution in [2.24, 2.45) is 5.10 Å². The van der Waals surface area contributed by atoms with Gasteiger partial charge in [0.15, 0.2) is 0 Å². The molecule has 2 aromatic rings. The van der Waals surface area contributed by atoms with Gasteiger partial charge in [-0.25, -0.2) is 5.43 Å². The molecule has 7 heteroatoms. The van der Waals surface area contributed by atoms with Crippen molar-refractivity contribution in [2.75, 3.05) is 12.4 Å². The Balaban J connectivity index is 1.76. The molecule has 0 fully saturated rings. The molecule has 0 radical (unpaired) electrons. The van der Waals surface area contributed by atoms with Crippen molar-refractivity contribution < 1.29 is 14.3 Å². The number of halogens is 1. The van der Waals surface area contributed by atoms with Crippen LogP contribution in [0.5, 0.6) is 5.75 Å². The number of hydrazone groups is 1. The summed E-state index contributed by atoms with van der Waals surface area (Å²) in [6, 6.07) is 12.5. The Morgan fingerprint density at radius 1 is 1.15 bits per heavy atom. The Labute approximate surface area is 157 Å². The lowest BCUT2D eigenvalue weighted by molar-refractivity contribution is -0.124. The molecule has 0 heterocycles. The van der Waals surface area contributed by atoms with E-state index in [2.05, 4.69) is 15.8 Å². The van der Waals surface area contributed by atoms with Crippen LogP contribution in [0.2, 0.25) is 5.02 Å². The van der Waals surface area contributed by atoms with E-state index in [-0.39, 0.29) is 24.7 Å². The minimum Gasteiger partial charge on any atom is -0.497 e. The smallest absolute Gasteiger partial charge is 0.240 e. The van der Waals surface area contributed by atoms with Crippen molar-refractivity contribution >= 4 is 35.3 Å². The lowest BCUT2D eigenvalue weighted by Crippen LogP contribution is -2.20. The molecule has 0 saturated carbocycles. The summed E-state index contributed by atoms with van der Waals surface area (Å²) in [5.74, 6) is 0.0891. The number of methoxy groups -OCH3 is 1. The standard InChI is InChI=1S/C19H20ClN3O3/c1-13-6-7-15(11-17(13)20)22-18(24)8-9-19(25)23-21-12-14-4-3-5-16(10-14)26-2/h3-7,10-12H,8-9H2,1-2H3,(H,22,24)(H,23,25). The maximum atomic E-state index is 11.9. The summed E-state index contributed by atoms with van der Waals surface area (Å²) in [5, 5.41) is 7.15. The predicted octanol–water partition coefficient (Wildman–Crippen LogP) is 3.53. The number of nitrogens with zero attached hydrogens (tertiary/aromatic N) is 1. The lowest BCUT2D eigenvalue weighted by Gasteiger charge is -2.06. The minimum atomic E-state index is -0.346. The largest absolute Gasteiger partial charge is 0.497 e. The quantitative estimate of drug-likeness (QED) is 0.575. The first-order valence-electron chi connectivity index (χ1n) is 8.00. The van der Waals surface area contributed by atoms with E-state index in [1.165, 1.54) is 6.21 Å². The average molecular weight is 374 g/mol. The van der Waals surface area contributed by atoms with Gasteiger partial charge in [0.05, 0.1) is 13.3 Å². The van der Waals surface area contributed by atoms with Gasteiger partial charge in [0.25, 0.3) is 0 Å². The number of hydrogen-bond donors (Lipinski definition) is 2. The van der Waals surface area contributed by atoms with Gasteiger partial charge < -0.3 is 10.1 Å². The highest BCUT2D eigenvalue weighted by Crippen LogP contribution is 2.20. The van der Waals surface area contributed by atoms with Crippen LogP contribution in [0.15, 0.2) is 47.6 Å². The highest BCUT2D eigenvalue weighted by atomic mass is 35.5. The Hall–Kier alpha value is -2.86. The van der Waals surface area contributed by atoms with Crippen LogP contribution in [0, 0.1) is 6.92 Å². The highest BCUT2D eigenvalue weighted by Gasteiger charge is 2.07. The second-order valence-corrected chi connectivity index (χ2v) is 5.99. The van der Waals surface area contributed by atoms with Crippen molar-refractivity contribution in [3.8, 4) is 5.75 Å². The van der Waals surface area contributed by atoms with Crippen molar-refractivity contribution in [3.05, 3.63) is 58.6 Å². The summed E-state index contributed by atoms with van der Waals surface area (Å²) in [5.41, 5.74) is 4.71. The summed E-state index contributed by atoms with van der Waals surface area (Å²) in [6.45, 7) is 1.88. The molecular weight excluding hydrogens is 354 g/mol. The second kappa shape index (κ2) is 9.58. The SMILES string of the molecule is COc1cccc(C=NNC(=O)CCC(=O)Nc2ccc(C)c(Cl)c2)c1. The normalized spacial score (nSPS) is 10.6. The van der Waals surface area contributed by atoms with Crippen molar-refractivity contribution in [3.63, 3.8) is 0 Å². The third-order valence-electron chi connectivity index (χ3n) is 3.53. The Kier molecular flexibility index (Phi) is 7.17. The maximum absolute atomic E-state index is 11.9. The van der Waals surface area contributed by atoms with Crippen LogP contribution in [0.4, 0.5) is 5.69 Å². The van der Waals surface area contributed by atoms with E-state index >= 15 is 0 Å². The molecule has 0 aliphatic carbocycles. The summed E-state index contributed by atoms with van der Waals surface area (Å²) in [6.07, 6.45) is 1.58. The summed E-state index contributed by atoms with van der Waals surface area (Å²) < 4.78 is 5.11. The highest BCUT2D eigenvalue weighted by molar-refractivity contribution is 6.31. The number of ether oxygens (including phenoxy) is 1. The fraction of sp³-hybridized carbons (Fsp3) is 0.211. The molecule has 2 rings (SSSR count). The van der Waals surface area contributed by atoms with Gasteiger partial charge in [-0.15, -0.1) is 0 Å². The zero-order valence-corrected chi connectivity index (χ0v) is 15.3. The van der Waals surface area contributed by atoms with Gasteiger partial charge in [-0.1, -0.05) is 29.8 Å². The molecule has 6 nitrogen and oxygen atoms in total. The third kappa shape index (κ3) is 6.22. The van der Waals surface area contributed by atoms with E-state index in [4.69, 9.17) is 16.3 Å². The van der Waals surface area contributed by atoms with Crippen LogP contribution < -0.4 is 15.5 Å². The van der Waals surface area contributed by atoms with Crippen molar-refractivity contribution in [2.45, 2.75) is 19.8 Å². The van der Waals surface area contributed by atoms with Crippen LogP contribution >= 0.6 is 11.6 Å². The third-order valence-corrected chi connectivity index (χ3v) is 3.94. The zero-order valence-electron chi connectivity index (χ0n) is 14.6. The van der Waals surface area contributed by atoms with Crippen molar-refractivity contribution in [1.82, 2.24) is 5.43 Å². The molecule has 0 unspecified atom stereocenters. The molecule has 2 aromatic carbocycles. The first kappa shape index (κ1) is 19.5. The number of carbonyl (C=O) groups is 2. The zero-order chi connectivity index (χ0) is 18.9. The van der Waals surface area contributed by atoms with Crippen molar-refractivity contribution in [1.29, 1.82) is 0 Å². The fourth-order valence-electron chi connectivity index (χ4n) is 2.08. The lowest BCUT2D eigenvalue weighted by atomic mass is 10.2. The van der Waals surface area contributed by atoms with Gasteiger partial charge in [0.1, 0.15) is 5.75 Å². The van der Waals surface area contributed by atoms with Gasteiger partial charge in [0.2, 0.25) is 11.8 Å². The predicted molar refractivity (Wildman–Crippen MR) is 103 cm³/mol. The molecule has 26 heavy (non-hydrogen) atoms. The summed E-state index contributed by atoms with van der Waals surface area (Å²) in [4.78, 5) is 23.7. The molecule has 0 aliphatic heterocycles. The molecule has 0 bridgehead atoms. The van der Waals surface area contributed by atoms with Gasteiger partial charge in [-0.05, 0) is 42.3 Å². The molecule has 0 spiro atoms. The summed E-state index contributed by atoms with van der Waals surface area (Å²) in [7, 11) is 1.58. The van der Waals surface area contributed by atoms with E-state index in [0.717, 1.165) is 11.1 Å². The average Bonchev–Trinajstić information content (AvgIpc) is 2.63. The van der Waals surface area contributed by atoms with Gasteiger partial charge in [-0.2, -0.15) is 5.10 Å². The Morgan fingerprint density at radius 3 is 2.65 bits per heavy atom. The van der Waals surface area contributed by atoms with Crippen LogP contribution in [0.3, 0.4) is 0 Å². The topological polar surface area (TPSA) is 79.8 Å². The summed E-state index contributed by atoms with van der Waals surface area (Å²) >= 11 is 6.01. The second-order valence-electron chi connectivity index (χ2n) is 5.58. The fourth-order valence-corrected chi connectivity index (χ4v) is 2.26. The molecule has 2 amide bonds. The maximum Gasteiger partial charge on any atom is 0.240 e. The van der Waals surface area contributed by atoms with E-state index < -0.39 is 0 Å². The van der Waals surface area contributed by atoms with E-state index in [9.17, 15) is 9.59 Å². The number of rotatable bonds is 7. The van der Waals surface area contributed by atoms with E-state index in [0.29, 0.717) is 16.5 Å². The number of nitrogens with one attached hydrogen (secondary N) is 2. The first-order valence-corrected chi connectivity index (χ1v) is 8.37. The molecule has 0 aliphatic rings. The number of carbonyl (C=O) groups excluding carboxylic acids is 2. The molecule has 136 valence electrons. The Morgan fingerprint density at radius 2 is 1.92 bits per heavy atom. The van der Waals surface area contributed by atoms with Gasteiger partial charge >= 0.3 is 0 Å². The molecule has 2 N–H and O–H groups in total. The van der Waals surface area contributed by atoms with Crippen LogP contribution in [0.1, 0.15) is 24.0 Å². The number of hydrogen-bond acceptors (Lipinski definition) is 4. The monoisotopic (exact) mass is 373 g/mol. The molecular formula is C19H20ClN3O3. The van der Waals surface area contributed by atoms with E-state index in [1.54, 1.807) is 25.3 Å². The number of aryl methyl sites for hydroxylation is 1. The first-order chi connectivity index (χ1) is 12.5. The van der Waals surface area contributed by atoms with Crippen LogP contribution in [-0.2, 0) is 9.59 Å². The van der Waals surface area contributed by atoms with Crippen LogP contribution in [-0.4, -0.2) is 25.1 Å². The molecule has 0 saturated heterocycles.